The van der Waals surface area contributed by atoms with Crippen LogP contribution in [0.1, 0.15) is 48.5 Å². The summed E-state index contributed by atoms with van der Waals surface area (Å²) in [5.41, 5.74) is 0. The number of hydrogen-bond acceptors (Lipinski definition) is 16. The van der Waals surface area contributed by atoms with Gasteiger partial charge in [0.25, 0.3) is 0 Å². The Hall–Kier alpha value is -3.87. The first-order chi connectivity index (χ1) is 20.5. The van der Waals surface area contributed by atoms with Crippen molar-refractivity contribution in [2.24, 2.45) is 0 Å². The molecule has 2 aliphatic heterocycles. The van der Waals surface area contributed by atoms with E-state index in [-0.39, 0.29) is 0 Å². The van der Waals surface area contributed by atoms with E-state index < -0.39 is 116 Å². The van der Waals surface area contributed by atoms with Gasteiger partial charge in [0.15, 0.2) is 30.9 Å². The first-order valence-electron chi connectivity index (χ1n) is 13.5. The summed E-state index contributed by atoms with van der Waals surface area (Å²) < 4.78 is 44.2. The maximum atomic E-state index is 12.3. The molecule has 2 rings (SSSR count). The summed E-state index contributed by atoms with van der Waals surface area (Å²) in [5.74, 6) is -5.31. The second-order valence-electron chi connectivity index (χ2n) is 9.99. The largest absolute Gasteiger partial charge is 0.463 e. The molecule has 0 aromatic heterocycles. The molecule has 248 valence electrons. The third kappa shape index (κ3) is 10.7. The minimum absolute atomic E-state index is 0.531. The molecule has 10 atom stereocenters. The molecule has 3 N–H and O–H groups in total. The van der Waals surface area contributed by atoms with Crippen LogP contribution in [-0.2, 0) is 71.5 Å². The van der Waals surface area contributed by atoms with Crippen molar-refractivity contribution in [3.8, 4) is 0 Å². The lowest BCUT2D eigenvalue weighted by molar-refractivity contribution is -0.330. The molecule has 0 radical (unpaired) electrons. The van der Waals surface area contributed by atoms with Gasteiger partial charge in [-0.15, -0.1) is 0 Å². The van der Waals surface area contributed by atoms with E-state index in [4.69, 9.17) is 37.9 Å². The van der Waals surface area contributed by atoms with Gasteiger partial charge < -0.3 is 53.6 Å². The van der Waals surface area contributed by atoms with Crippen molar-refractivity contribution in [3.63, 3.8) is 0 Å². The Morgan fingerprint density at radius 1 is 0.568 bits per heavy atom. The fourth-order valence-corrected chi connectivity index (χ4v) is 4.70. The lowest BCUT2D eigenvalue weighted by atomic mass is 9.94. The number of amides is 2. The van der Waals surface area contributed by atoms with Crippen molar-refractivity contribution in [1.29, 1.82) is 0 Å². The monoisotopic (exact) mass is 634 g/mol. The van der Waals surface area contributed by atoms with Crippen LogP contribution in [-0.4, -0.2) is 121 Å². The van der Waals surface area contributed by atoms with Crippen LogP contribution < -0.4 is 10.6 Å². The van der Waals surface area contributed by atoms with Gasteiger partial charge in [0.05, 0.1) is 0 Å². The number of rotatable bonds is 11. The molecule has 2 amide bonds. The van der Waals surface area contributed by atoms with Crippen LogP contribution in [0.3, 0.4) is 0 Å². The Labute approximate surface area is 252 Å². The van der Waals surface area contributed by atoms with E-state index in [1.165, 1.54) is 0 Å². The number of carbonyl (C=O) groups is 7. The first-order valence-corrected chi connectivity index (χ1v) is 13.5. The highest BCUT2D eigenvalue weighted by atomic mass is 16.7. The normalized spacial score (nSPS) is 31.5. The van der Waals surface area contributed by atoms with Gasteiger partial charge in [0.1, 0.15) is 43.6 Å². The predicted molar refractivity (Wildman–Crippen MR) is 140 cm³/mol. The van der Waals surface area contributed by atoms with Gasteiger partial charge in [-0.1, -0.05) is 0 Å². The maximum absolute atomic E-state index is 12.3. The van der Waals surface area contributed by atoms with Gasteiger partial charge in [0, 0.05) is 48.5 Å². The Balaban J connectivity index is 2.66. The highest BCUT2D eigenvalue weighted by molar-refractivity contribution is 5.74. The molecule has 2 aliphatic rings. The molecule has 0 aromatic rings. The zero-order chi connectivity index (χ0) is 33.3. The van der Waals surface area contributed by atoms with Crippen molar-refractivity contribution in [2.45, 2.75) is 110 Å². The van der Waals surface area contributed by atoms with Gasteiger partial charge in [0.2, 0.25) is 11.8 Å². The lowest BCUT2D eigenvalue weighted by Crippen LogP contribution is -2.70. The number of nitrogens with one attached hydrogen (secondary N) is 2. The zero-order valence-corrected chi connectivity index (χ0v) is 25.3. The quantitative estimate of drug-likeness (QED) is 0.161. The number of ether oxygens (including phenoxy) is 8. The SMILES string of the molecule is CC(=O)N[C@@H]1[C@@H](OC(C)=O)[C@H](O[C@@H]2O[C@H](COC(C)=O)[C@@H](OC(C)=O)[C@H](OC(C)=O)[C@H]2NC(C)=O)[C@@H](COC(C)=O)O[C@@H]1O. The Kier molecular flexibility index (Phi) is 13.4. The Morgan fingerprint density at radius 3 is 1.41 bits per heavy atom. The molecule has 0 spiro atoms. The second-order valence-corrected chi connectivity index (χ2v) is 9.99. The maximum Gasteiger partial charge on any atom is 0.303 e. The summed E-state index contributed by atoms with van der Waals surface area (Å²) in [7, 11) is 0. The van der Waals surface area contributed by atoms with Crippen LogP contribution in [0, 0.1) is 0 Å². The molecule has 2 heterocycles. The summed E-state index contributed by atoms with van der Waals surface area (Å²) in [6.07, 6.45) is -12.1. The van der Waals surface area contributed by atoms with Crippen LogP contribution >= 0.6 is 0 Å². The van der Waals surface area contributed by atoms with Crippen molar-refractivity contribution >= 4 is 41.7 Å². The van der Waals surface area contributed by atoms with Crippen molar-refractivity contribution in [3.05, 3.63) is 0 Å². The summed E-state index contributed by atoms with van der Waals surface area (Å²) >= 11 is 0. The number of carbonyl (C=O) groups excluding carboxylic acids is 7. The molecule has 0 unspecified atom stereocenters. The smallest absolute Gasteiger partial charge is 0.303 e. The third-order valence-electron chi connectivity index (χ3n) is 6.15. The van der Waals surface area contributed by atoms with Crippen LogP contribution in [0.2, 0.25) is 0 Å². The molecular weight excluding hydrogens is 596 g/mol. The van der Waals surface area contributed by atoms with Gasteiger partial charge in [-0.2, -0.15) is 0 Å². The van der Waals surface area contributed by atoms with Crippen LogP contribution in [0.25, 0.3) is 0 Å². The summed E-state index contributed by atoms with van der Waals surface area (Å²) in [6, 6.07) is -2.83. The molecule has 0 aliphatic carbocycles. The Morgan fingerprint density at radius 2 is 0.977 bits per heavy atom. The van der Waals surface area contributed by atoms with Gasteiger partial charge in [-0.05, 0) is 0 Å². The van der Waals surface area contributed by atoms with Gasteiger partial charge in [-0.3, -0.25) is 33.6 Å². The highest BCUT2D eigenvalue weighted by Crippen LogP contribution is 2.33. The van der Waals surface area contributed by atoms with Crippen LogP contribution in [0.15, 0.2) is 0 Å². The number of hydrogen-bond donors (Lipinski definition) is 3. The minimum atomic E-state index is -1.78. The molecule has 18 heteroatoms. The van der Waals surface area contributed by atoms with Crippen molar-refractivity contribution < 1.29 is 76.6 Å². The number of aliphatic hydroxyl groups is 1. The van der Waals surface area contributed by atoms with Gasteiger partial charge in [-0.25, -0.2) is 0 Å². The standard InChI is InChI=1S/C26H38N2O16/c1-10(29)27-19-23(40-15(6)34)22(17(42-25(19)36)8-37-12(3)31)44-26-20(28-11(2)30)24(41-16(7)35)21(39-14(5)33)18(43-26)9-38-13(4)32/h17-26,36H,8-9H2,1-7H3,(H,27,29)(H,28,30)/t17-,18-,19-,20-,21-,22-,23-,24-,25+,26+/m1/s1. The molecule has 2 saturated heterocycles. The summed E-state index contributed by atoms with van der Waals surface area (Å²) in [5, 5.41) is 15.6. The van der Waals surface area contributed by atoms with E-state index in [1.54, 1.807) is 0 Å². The van der Waals surface area contributed by atoms with Crippen molar-refractivity contribution in [2.75, 3.05) is 13.2 Å². The zero-order valence-electron chi connectivity index (χ0n) is 25.3. The average Bonchev–Trinajstić information content (AvgIpc) is 2.87. The van der Waals surface area contributed by atoms with Crippen molar-refractivity contribution in [1.82, 2.24) is 10.6 Å². The molecule has 18 nitrogen and oxygen atoms in total. The van der Waals surface area contributed by atoms with Crippen LogP contribution in [0.4, 0.5) is 0 Å². The fourth-order valence-electron chi connectivity index (χ4n) is 4.70. The minimum Gasteiger partial charge on any atom is -0.463 e. The summed E-state index contributed by atoms with van der Waals surface area (Å²) in [4.78, 5) is 83.8. The fraction of sp³-hybridized carbons (Fsp3) is 0.731. The molecule has 0 saturated carbocycles. The second kappa shape index (κ2) is 16.3. The van der Waals surface area contributed by atoms with E-state index in [0.29, 0.717) is 0 Å². The van der Waals surface area contributed by atoms with E-state index in [9.17, 15) is 38.7 Å². The topological polar surface area (TPSA) is 238 Å². The molecule has 0 aromatic carbocycles. The summed E-state index contributed by atoms with van der Waals surface area (Å²) in [6.45, 7) is 6.58. The lowest BCUT2D eigenvalue weighted by Gasteiger charge is -2.49. The van der Waals surface area contributed by atoms with E-state index in [1.807, 2.05) is 0 Å². The molecule has 0 bridgehead atoms. The first kappa shape index (κ1) is 36.3. The molecule has 2 fully saturated rings. The average molecular weight is 635 g/mol. The van der Waals surface area contributed by atoms with E-state index >= 15 is 0 Å². The van der Waals surface area contributed by atoms with E-state index in [0.717, 1.165) is 48.5 Å². The molecular formula is C26H38N2O16. The predicted octanol–water partition coefficient (Wildman–Crippen LogP) is -2.26. The van der Waals surface area contributed by atoms with Crippen LogP contribution in [0.5, 0.6) is 0 Å². The Bertz CT molecular complexity index is 1100. The number of aliphatic hydroxyl groups excluding tert-OH is 1. The van der Waals surface area contributed by atoms with E-state index in [2.05, 4.69) is 10.6 Å². The number of esters is 5. The molecule has 44 heavy (non-hydrogen) atoms. The van der Waals surface area contributed by atoms with Gasteiger partial charge >= 0.3 is 29.8 Å². The third-order valence-corrected chi connectivity index (χ3v) is 6.15. The highest BCUT2D eigenvalue weighted by Gasteiger charge is 2.55.